The van der Waals surface area contributed by atoms with Crippen LogP contribution in [0.1, 0.15) is 44.6 Å². The lowest BCUT2D eigenvalue weighted by Crippen LogP contribution is -2.39. The van der Waals surface area contributed by atoms with Crippen LogP contribution in [0.25, 0.3) is 0 Å². The average molecular weight is 287 g/mol. The third-order valence-electron chi connectivity index (χ3n) is 5.27. The molecule has 114 valence electrons. The van der Waals surface area contributed by atoms with E-state index in [4.69, 9.17) is 0 Å². The third-order valence-corrected chi connectivity index (χ3v) is 5.27. The first-order valence-corrected chi connectivity index (χ1v) is 8.27. The lowest BCUT2D eigenvalue weighted by Gasteiger charge is -2.40. The maximum absolute atomic E-state index is 14.2. The van der Waals surface area contributed by atoms with E-state index in [2.05, 4.69) is 25.2 Å². The molecule has 1 nitrogen and oxygen atoms in total. The largest absolute Gasteiger partial charge is 0.316 e. The van der Waals surface area contributed by atoms with Gasteiger partial charge in [-0.2, -0.15) is 0 Å². The van der Waals surface area contributed by atoms with Crippen molar-refractivity contribution < 1.29 is 4.39 Å². The van der Waals surface area contributed by atoms with Gasteiger partial charge in [-0.25, -0.2) is 4.39 Å². The number of benzene rings is 1. The first-order valence-electron chi connectivity index (χ1n) is 8.27. The number of hydrogen-bond acceptors (Lipinski definition) is 1. The van der Waals surface area contributed by atoms with E-state index < -0.39 is 0 Å². The summed E-state index contributed by atoms with van der Waals surface area (Å²) in [4.78, 5) is 0. The normalized spacial score (nSPS) is 33.6. The van der Waals surface area contributed by atoms with Crippen molar-refractivity contribution in [3.8, 4) is 0 Å². The van der Waals surface area contributed by atoms with Crippen molar-refractivity contribution in [2.24, 2.45) is 17.8 Å². The Kier molecular flexibility index (Phi) is 4.44. The fourth-order valence-electron chi connectivity index (χ4n) is 4.48. The van der Waals surface area contributed by atoms with Gasteiger partial charge in [0.25, 0.3) is 0 Å². The maximum atomic E-state index is 14.2. The number of halogens is 1. The minimum atomic E-state index is -0.0349. The molecule has 0 bridgehead atoms. The molecule has 4 unspecified atom stereocenters. The van der Waals surface area contributed by atoms with Crippen molar-refractivity contribution in [2.45, 2.75) is 39.0 Å². The Bertz CT molecular complexity index is 522. The third kappa shape index (κ3) is 3.21. The Labute approximate surface area is 127 Å². The highest BCUT2D eigenvalue weighted by atomic mass is 19.1. The molecule has 0 radical (unpaired) electrons. The van der Waals surface area contributed by atoms with E-state index in [1.54, 1.807) is 12.1 Å². The first-order chi connectivity index (χ1) is 10.1. The van der Waals surface area contributed by atoms with Gasteiger partial charge >= 0.3 is 0 Å². The summed E-state index contributed by atoms with van der Waals surface area (Å²) in [6, 6.07) is 7.35. The van der Waals surface area contributed by atoms with E-state index >= 15 is 0 Å². The zero-order chi connectivity index (χ0) is 14.8. The van der Waals surface area contributed by atoms with E-state index in [9.17, 15) is 4.39 Å². The van der Waals surface area contributed by atoms with Crippen LogP contribution in [0.2, 0.25) is 0 Å². The molecule has 0 spiro atoms. The van der Waals surface area contributed by atoms with Crippen LogP contribution in [-0.4, -0.2) is 13.1 Å². The Hall–Kier alpha value is -1.15. The fourth-order valence-corrected chi connectivity index (χ4v) is 4.48. The molecule has 0 aromatic heterocycles. The number of rotatable bonds is 2. The smallest absolute Gasteiger partial charge is 0.126 e. The molecular weight excluding hydrogens is 261 g/mol. The minimum Gasteiger partial charge on any atom is -0.316 e. The number of nitrogens with one attached hydrogen (secondary N) is 1. The average Bonchev–Trinajstić information content (AvgIpc) is 2.47. The van der Waals surface area contributed by atoms with Crippen LogP contribution in [0.4, 0.5) is 4.39 Å². The van der Waals surface area contributed by atoms with Crippen molar-refractivity contribution >= 4 is 0 Å². The molecule has 4 atom stereocenters. The van der Waals surface area contributed by atoms with Crippen molar-refractivity contribution in [1.29, 1.82) is 0 Å². The zero-order valence-electron chi connectivity index (χ0n) is 13.1. The van der Waals surface area contributed by atoms with E-state index in [0.29, 0.717) is 23.7 Å². The molecule has 1 aliphatic carbocycles. The standard InChI is InChI=1S/C19H26FN/c1-13-9-14(2)11-15(10-13)16-7-8-21-12-18(16)17-5-3-4-6-19(17)20/h3-6,9,13,15-16,18,21H,7-8,10-12H2,1-2H3. The second kappa shape index (κ2) is 6.31. The molecule has 1 aliphatic heterocycles. The number of piperidine rings is 1. The Morgan fingerprint density at radius 2 is 2.05 bits per heavy atom. The first kappa shape index (κ1) is 14.8. The lowest BCUT2D eigenvalue weighted by molar-refractivity contribution is 0.191. The maximum Gasteiger partial charge on any atom is 0.126 e. The molecule has 0 saturated carbocycles. The Balaban J connectivity index is 1.85. The molecule has 1 saturated heterocycles. The summed E-state index contributed by atoms with van der Waals surface area (Å²) < 4.78 is 14.2. The van der Waals surface area contributed by atoms with Gasteiger partial charge in [-0.3, -0.25) is 0 Å². The van der Waals surface area contributed by atoms with Crippen molar-refractivity contribution in [1.82, 2.24) is 5.32 Å². The predicted octanol–water partition coefficient (Wildman–Crippen LogP) is 4.51. The summed E-state index contributed by atoms with van der Waals surface area (Å²) in [6.07, 6.45) is 6.03. The van der Waals surface area contributed by atoms with Crippen LogP contribution in [-0.2, 0) is 0 Å². The summed E-state index contributed by atoms with van der Waals surface area (Å²) in [7, 11) is 0. The van der Waals surface area contributed by atoms with E-state index in [1.165, 1.54) is 24.8 Å². The van der Waals surface area contributed by atoms with Gasteiger partial charge in [0, 0.05) is 12.5 Å². The molecule has 1 heterocycles. The minimum absolute atomic E-state index is 0.0349. The molecule has 1 aromatic carbocycles. The van der Waals surface area contributed by atoms with Gasteiger partial charge in [0.15, 0.2) is 0 Å². The summed E-state index contributed by atoms with van der Waals surface area (Å²) in [5.74, 6) is 2.27. The van der Waals surface area contributed by atoms with Crippen LogP contribution in [0.5, 0.6) is 0 Å². The van der Waals surface area contributed by atoms with Gasteiger partial charge in [0.2, 0.25) is 0 Å². The highest BCUT2D eigenvalue weighted by molar-refractivity contribution is 5.24. The zero-order valence-corrected chi connectivity index (χ0v) is 13.1. The van der Waals surface area contributed by atoms with Crippen molar-refractivity contribution in [2.75, 3.05) is 13.1 Å². The molecule has 3 rings (SSSR count). The molecular formula is C19H26FN. The van der Waals surface area contributed by atoms with Crippen LogP contribution in [0.3, 0.4) is 0 Å². The number of hydrogen-bond donors (Lipinski definition) is 1. The molecule has 2 aliphatic rings. The van der Waals surface area contributed by atoms with Gasteiger partial charge in [-0.1, -0.05) is 36.8 Å². The van der Waals surface area contributed by atoms with E-state index in [1.807, 2.05) is 12.1 Å². The molecule has 21 heavy (non-hydrogen) atoms. The van der Waals surface area contributed by atoms with Gasteiger partial charge in [0.1, 0.15) is 5.82 Å². The summed E-state index contributed by atoms with van der Waals surface area (Å²) in [5, 5.41) is 3.47. The van der Waals surface area contributed by atoms with Gasteiger partial charge in [-0.15, -0.1) is 0 Å². The lowest BCUT2D eigenvalue weighted by atomic mass is 9.67. The molecule has 0 amide bonds. The topological polar surface area (TPSA) is 12.0 Å². The second-order valence-corrected chi connectivity index (χ2v) is 6.97. The van der Waals surface area contributed by atoms with Crippen LogP contribution >= 0.6 is 0 Å². The number of allylic oxidation sites excluding steroid dienone is 2. The van der Waals surface area contributed by atoms with Gasteiger partial charge < -0.3 is 5.32 Å². The molecule has 1 aromatic rings. The quantitative estimate of drug-likeness (QED) is 0.789. The van der Waals surface area contributed by atoms with Gasteiger partial charge in [-0.05, 0) is 62.1 Å². The summed E-state index contributed by atoms with van der Waals surface area (Å²) in [6.45, 7) is 6.55. The second-order valence-electron chi connectivity index (χ2n) is 6.97. The van der Waals surface area contributed by atoms with Crippen molar-refractivity contribution in [3.63, 3.8) is 0 Å². The molecule has 2 heteroatoms. The van der Waals surface area contributed by atoms with Crippen LogP contribution in [0, 0.1) is 23.6 Å². The van der Waals surface area contributed by atoms with Crippen LogP contribution in [0.15, 0.2) is 35.9 Å². The highest BCUT2D eigenvalue weighted by Gasteiger charge is 2.35. The SMILES string of the molecule is CC1=CC(C)CC(C2CCNCC2c2ccccc2F)C1. The Morgan fingerprint density at radius 1 is 1.24 bits per heavy atom. The fraction of sp³-hybridized carbons (Fsp3) is 0.579. The van der Waals surface area contributed by atoms with Crippen LogP contribution < -0.4 is 5.32 Å². The predicted molar refractivity (Wildman–Crippen MR) is 85.8 cm³/mol. The molecule has 1 N–H and O–H groups in total. The van der Waals surface area contributed by atoms with Gasteiger partial charge in [0.05, 0.1) is 0 Å². The molecule has 1 fully saturated rings. The highest BCUT2D eigenvalue weighted by Crippen LogP contribution is 2.43. The van der Waals surface area contributed by atoms with E-state index in [-0.39, 0.29) is 5.82 Å². The van der Waals surface area contributed by atoms with Crippen molar-refractivity contribution in [3.05, 3.63) is 47.3 Å². The monoisotopic (exact) mass is 287 g/mol. The van der Waals surface area contributed by atoms with E-state index in [0.717, 1.165) is 18.7 Å². The summed E-state index contributed by atoms with van der Waals surface area (Å²) >= 11 is 0. The Morgan fingerprint density at radius 3 is 2.81 bits per heavy atom. The summed E-state index contributed by atoms with van der Waals surface area (Å²) in [5.41, 5.74) is 2.43.